The van der Waals surface area contributed by atoms with Crippen LogP contribution < -0.4 is 0 Å². The van der Waals surface area contributed by atoms with Crippen molar-refractivity contribution in [1.82, 2.24) is 0 Å². The van der Waals surface area contributed by atoms with E-state index in [1.807, 2.05) is 37.3 Å². The Labute approximate surface area is 112 Å². The molecule has 19 heavy (non-hydrogen) atoms. The monoisotopic (exact) mass is 254 g/mol. The van der Waals surface area contributed by atoms with Crippen LogP contribution in [0.1, 0.15) is 19.4 Å². The Morgan fingerprint density at radius 2 is 1.63 bits per heavy atom. The molecule has 0 atom stereocenters. The van der Waals surface area contributed by atoms with Gasteiger partial charge in [0, 0.05) is 5.56 Å². The van der Waals surface area contributed by atoms with Crippen molar-refractivity contribution in [2.24, 2.45) is 0 Å². The zero-order valence-electron chi connectivity index (χ0n) is 11.0. The predicted octanol–water partition coefficient (Wildman–Crippen LogP) is 4.49. The summed E-state index contributed by atoms with van der Waals surface area (Å²) in [6.07, 6.45) is 1.60. The minimum absolute atomic E-state index is 0.0238. The second-order valence-electron chi connectivity index (χ2n) is 4.50. The molecule has 0 fully saturated rings. The van der Waals surface area contributed by atoms with Gasteiger partial charge in [0.05, 0.1) is 0 Å². The third-order valence-electron chi connectivity index (χ3n) is 2.94. The molecule has 0 radical (unpaired) electrons. The number of carbonyl (C=O) groups is 1. The van der Waals surface area contributed by atoms with Crippen molar-refractivity contribution in [3.63, 3.8) is 0 Å². The first kappa shape index (κ1) is 13.2. The van der Waals surface area contributed by atoms with E-state index in [0.717, 1.165) is 16.7 Å². The van der Waals surface area contributed by atoms with Crippen LogP contribution in [0.4, 0.5) is 4.39 Å². The first-order valence-corrected chi connectivity index (χ1v) is 6.12. The Morgan fingerprint density at radius 1 is 1.00 bits per heavy atom. The van der Waals surface area contributed by atoms with E-state index in [9.17, 15) is 9.18 Å². The summed E-state index contributed by atoms with van der Waals surface area (Å²) in [5.74, 6) is -0.207. The van der Waals surface area contributed by atoms with Gasteiger partial charge in [0.1, 0.15) is 5.82 Å². The fourth-order valence-electron chi connectivity index (χ4n) is 2.00. The highest BCUT2D eigenvalue weighted by Gasteiger charge is 2.04. The Hall–Kier alpha value is -2.22. The molecule has 0 aliphatic heterocycles. The van der Waals surface area contributed by atoms with Crippen molar-refractivity contribution in [3.8, 4) is 11.1 Å². The predicted molar refractivity (Wildman–Crippen MR) is 76.2 cm³/mol. The Balaban J connectivity index is 2.34. The molecule has 2 aromatic carbocycles. The molecule has 0 aromatic heterocycles. The molecular weight excluding hydrogens is 239 g/mol. The maximum Gasteiger partial charge on any atom is 0.152 e. The second kappa shape index (κ2) is 5.61. The van der Waals surface area contributed by atoms with Gasteiger partial charge in [-0.25, -0.2) is 4.39 Å². The zero-order chi connectivity index (χ0) is 13.8. The van der Waals surface area contributed by atoms with Gasteiger partial charge in [-0.3, -0.25) is 4.79 Å². The molecule has 0 spiro atoms. The molecule has 0 unspecified atom stereocenters. The summed E-state index contributed by atoms with van der Waals surface area (Å²) in [5, 5.41) is 0. The molecule has 0 amide bonds. The van der Waals surface area contributed by atoms with Gasteiger partial charge in [-0.1, -0.05) is 42.5 Å². The van der Waals surface area contributed by atoms with E-state index in [0.29, 0.717) is 5.56 Å². The molecule has 0 aliphatic rings. The van der Waals surface area contributed by atoms with Gasteiger partial charge in [-0.05, 0) is 42.7 Å². The van der Waals surface area contributed by atoms with Crippen molar-refractivity contribution in [2.75, 3.05) is 0 Å². The van der Waals surface area contributed by atoms with E-state index in [1.54, 1.807) is 18.2 Å². The summed E-state index contributed by atoms with van der Waals surface area (Å²) in [6.45, 7) is 3.41. The van der Waals surface area contributed by atoms with Gasteiger partial charge in [-0.15, -0.1) is 0 Å². The first-order chi connectivity index (χ1) is 9.08. The van der Waals surface area contributed by atoms with E-state index < -0.39 is 0 Å². The molecule has 0 heterocycles. The van der Waals surface area contributed by atoms with Gasteiger partial charge in [0.15, 0.2) is 5.78 Å². The van der Waals surface area contributed by atoms with Crippen LogP contribution in [0.2, 0.25) is 0 Å². The number of rotatable bonds is 3. The van der Waals surface area contributed by atoms with Gasteiger partial charge in [-0.2, -0.15) is 0 Å². The van der Waals surface area contributed by atoms with Crippen LogP contribution >= 0.6 is 0 Å². The molecule has 1 nitrogen and oxygen atoms in total. The van der Waals surface area contributed by atoms with Crippen molar-refractivity contribution in [2.45, 2.75) is 13.8 Å². The van der Waals surface area contributed by atoms with E-state index >= 15 is 0 Å². The van der Waals surface area contributed by atoms with Gasteiger partial charge in [0.2, 0.25) is 0 Å². The van der Waals surface area contributed by atoms with Crippen LogP contribution in [0.3, 0.4) is 0 Å². The Kier molecular flexibility index (Phi) is 3.91. The van der Waals surface area contributed by atoms with Crippen LogP contribution in [0.15, 0.2) is 54.6 Å². The molecule has 2 heteroatoms. The summed E-state index contributed by atoms with van der Waals surface area (Å²) in [5.41, 5.74) is 3.29. The topological polar surface area (TPSA) is 17.1 Å². The Bertz CT molecular complexity index is 624. The van der Waals surface area contributed by atoms with Crippen LogP contribution in [0.5, 0.6) is 0 Å². The molecule has 2 aromatic rings. The summed E-state index contributed by atoms with van der Waals surface area (Å²) in [6, 6.07) is 14.2. The molecule has 0 bridgehead atoms. The number of halogens is 1. The van der Waals surface area contributed by atoms with Crippen LogP contribution in [0.25, 0.3) is 16.7 Å². The van der Waals surface area contributed by atoms with Crippen molar-refractivity contribution in [3.05, 3.63) is 66.0 Å². The minimum atomic E-state index is -0.230. The molecule has 0 aliphatic carbocycles. The smallest absolute Gasteiger partial charge is 0.152 e. The van der Waals surface area contributed by atoms with Gasteiger partial charge < -0.3 is 0 Å². The number of carbonyl (C=O) groups excluding carboxylic acids is 1. The lowest BCUT2D eigenvalue weighted by molar-refractivity contribution is -0.112. The number of allylic oxidation sites excluding steroid dienone is 2. The highest BCUT2D eigenvalue weighted by Crippen LogP contribution is 2.24. The van der Waals surface area contributed by atoms with E-state index in [4.69, 9.17) is 0 Å². The van der Waals surface area contributed by atoms with Gasteiger partial charge >= 0.3 is 0 Å². The van der Waals surface area contributed by atoms with Gasteiger partial charge in [0.25, 0.3) is 0 Å². The van der Waals surface area contributed by atoms with E-state index in [2.05, 4.69) is 0 Å². The third kappa shape index (κ3) is 3.16. The van der Waals surface area contributed by atoms with E-state index in [1.165, 1.54) is 13.0 Å². The average molecular weight is 254 g/mol. The molecule has 2 rings (SSSR count). The fourth-order valence-corrected chi connectivity index (χ4v) is 2.00. The van der Waals surface area contributed by atoms with Crippen molar-refractivity contribution in [1.29, 1.82) is 0 Å². The number of hydrogen-bond acceptors (Lipinski definition) is 1. The second-order valence-corrected chi connectivity index (χ2v) is 4.50. The van der Waals surface area contributed by atoms with Crippen LogP contribution in [0, 0.1) is 5.82 Å². The third-order valence-corrected chi connectivity index (χ3v) is 2.94. The van der Waals surface area contributed by atoms with E-state index in [-0.39, 0.29) is 11.6 Å². The summed E-state index contributed by atoms with van der Waals surface area (Å²) >= 11 is 0. The fraction of sp³-hybridized carbons (Fsp3) is 0.118. The zero-order valence-corrected chi connectivity index (χ0v) is 11.0. The highest BCUT2D eigenvalue weighted by molar-refractivity contribution is 5.94. The summed E-state index contributed by atoms with van der Waals surface area (Å²) in [7, 11) is 0. The van der Waals surface area contributed by atoms with Crippen molar-refractivity contribution < 1.29 is 9.18 Å². The average Bonchev–Trinajstić information content (AvgIpc) is 2.39. The standard InChI is InChI=1S/C17H15FO/c1-12(11-13(2)19)14-7-9-15(10-8-14)16-5-3-4-6-17(16)18/h3-11H,1-2H3. The maximum absolute atomic E-state index is 13.7. The lowest BCUT2D eigenvalue weighted by Gasteiger charge is -2.05. The molecule has 96 valence electrons. The minimum Gasteiger partial charge on any atom is -0.295 e. The molecule has 0 saturated heterocycles. The molecule has 0 saturated carbocycles. The maximum atomic E-state index is 13.7. The van der Waals surface area contributed by atoms with Crippen LogP contribution in [-0.4, -0.2) is 5.78 Å². The number of ketones is 1. The molecular formula is C17H15FO. The first-order valence-electron chi connectivity index (χ1n) is 6.12. The summed E-state index contributed by atoms with van der Waals surface area (Å²) < 4.78 is 13.7. The SMILES string of the molecule is CC(=O)C=C(C)c1ccc(-c2ccccc2F)cc1. The number of benzene rings is 2. The lowest BCUT2D eigenvalue weighted by atomic mass is 10.0. The Morgan fingerprint density at radius 3 is 2.21 bits per heavy atom. The van der Waals surface area contributed by atoms with Crippen molar-refractivity contribution >= 4 is 11.4 Å². The number of hydrogen-bond donors (Lipinski definition) is 0. The lowest BCUT2D eigenvalue weighted by Crippen LogP contribution is -1.87. The molecule has 0 N–H and O–H groups in total. The summed E-state index contributed by atoms with van der Waals surface area (Å²) in [4.78, 5) is 11.0. The quantitative estimate of drug-likeness (QED) is 0.738. The normalized spacial score (nSPS) is 11.4. The highest BCUT2D eigenvalue weighted by atomic mass is 19.1. The largest absolute Gasteiger partial charge is 0.295 e. The van der Waals surface area contributed by atoms with Crippen LogP contribution in [-0.2, 0) is 4.79 Å².